The summed E-state index contributed by atoms with van der Waals surface area (Å²) in [5.41, 5.74) is 0. The van der Waals surface area contributed by atoms with Crippen LogP contribution in [0.3, 0.4) is 0 Å². The molecule has 0 bridgehead atoms. The van der Waals surface area contributed by atoms with Crippen molar-refractivity contribution in [1.82, 2.24) is 0 Å². The third kappa shape index (κ3) is 42.0. The Balaban J connectivity index is 4.56. The maximum Gasteiger partial charge on any atom is 0.472 e. The minimum atomic E-state index is -4.41. The van der Waals surface area contributed by atoms with Crippen molar-refractivity contribution in [2.24, 2.45) is 0 Å². The molecule has 10 heteroatoms. The van der Waals surface area contributed by atoms with Gasteiger partial charge in [-0.1, -0.05) is 148 Å². The monoisotopic (exact) mass is 827 g/mol. The lowest BCUT2D eigenvalue weighted by Gasteiger charge is -2.24. The highest BCUT2D eigenvalue weighted by atomic mass is 31.2. The maximum atomic E-state index is 12.6. The molecule has 0 aliphatic carbocycles. The van der Waals surface area contributed by atoms with Crippen molar-refractivity contribution in [1.29, 1.82) is 0 Å². The van der Waals surface area contributed by atoms with Crippen molar-refractivity contribution < 1.29 is 42.1 Å². The van der Waals surface area contributed by atoms with Crippen LogP contribution in [-0.4, -0.2) is 74.9 Å². The molecule has 9 nitrogen and oxygen atoms in total. The molecular formula is C48H77NO8P+. The Kier molecular flexibility index (Phi) is 36.5. The van der Waals surface area contributed by atoms with Crippen molar-refractivity contribution in [3.63, 3.8) is 0 Å². The maximum absolute atomic E-state index is 12.6. The Morgan fingerprint density at radius 2 is 1.05 bits per heavy atom. The van der Waals surface area contributed by atoms with Crippen molar-refractivity contribution >= 4 is 19.8 Å². The Morgan fingerprint density at radius 1 is 0.569 bits per heavy atom. The largest absolute Gasteiger partial charge is 0.472 e. The van der Waals surface area contributed by atoms with Gasteiger partial charge in [-0.3, -0.25) is 18.6 Å². The van der Waals surface area contributed by atoms with E-state index in [1.54, 1.807) is 0 Å². The van der Waals surface area contributed by atoms with Gasteiger partial charge in [0, 0.05) is 12.8 Å². The molecule has 0 saturated heterocycles. The fourth-order valence-corrected chi connectivity index (χ4v) is 5.51. The molecule has 0 heterocycles. The van der Waals surface area contributed by atoms with Gasteiger partial charge in [-0.2, -0.15) is 0 Å². The van der Waals surface area contributed by atoms with E-state index in [1.165, 1.54) is 25.7 Å². The summed E-state index contributed by atoms with van der Waals surface area (Å²) in [7, 11) is 1.38. The van der Waals surface area contributed by atoms with Gasteiger partial charge in [0.25, 0.3) is 0 Å². The Bertz CT molecular complexity index is 1390. The molecule has 0 aromatic rings. The normalized spacial score (nSPS) is 14.8. The number of allylic oxidation sites excluding steroid dienone is 20. The lowest BCUT2D eigenvalue weighted by atomic mass is 10.2. The van der Waals surface area contributed by atoms with E-state index in [0.717, 1.165) is 44.9 Å². The molecule has 0 fully saturated rings. The minimum Gasteiger partial charge on any atom is -0.462 e. The van der Waals surface area contributed by atoms with Gasteiger partial charge in [0.05, 0.1) is 27.7 Å². The summed E-state index contributed by atoms with van der Waals surface area (Å²) in [5, 5.41) is 0. The van der Waals surface area contributed by atoms with Gasteiger partial charge in [0.1, 0.15) is 19.8 Å². The smallest absolute Gasteiger partial charge is 0.462 e. The summed E-state index contributed by atoms with van der Waals surface area (Å²) < 4.78 is 34.1. The number of nitrogens with zero attached hydrogens (tertiary/aromatic N) is 1. The molecule has 58 heavy (non-hydrogen) atoms. The fourth-order valence-electron chi connectivity index (χ4n) is 4.77. The number of quaternary nitrogens is 1. The van der Waals surface area contributed by atoms with Crippen LogP contribution < -0.4 is 0 Å². The van der Waals surface area contributed by atoms with Gasteiger partial charge < -0.3 is 18.9 Å². The molecule has 0 aromatic heterocycles. The zero-order valence-corrected chi connectivity index (χ0v) is 37.4. The van der Waals surface area contributed by atoms with E-state index in [2.05, 4.69) is 80.7 Å². The zero-order valence-electron chi connectivity index (χ0n) is 36.5. The van der Waals surface area contributed by atoms with Crippen molar-refractivity contribution in [3.8, 4) is 0 Å². The number of ether oxygens (including phenoxy) is 2. The number of phosphoric ester groups is 1. The van der Waals surface area contributed by atoms with Crippen molar-refractivity contribution in [3.05, 3.63) is 122 Å². The number of carbonyl (C=O) groups excluding carboxylic acids is 2. The van der Waals surface area contributed by atoms with E-state index < -0.39 is 32.5 Å². The standard InChI is InChI=1S/C48H76NO8P/c1-6-8-10-12-14-16-18-20-21-22-23-24-25-26-27-29-30-32-34-36-38-40-47(50)54-44-46(45-56-58(52,53)55-43-42-49(3,4)5)57-48(51)41-39-37-35-33-31-28-19-17-15-13-11-9-7-2/h9,11,13-17,19-21,23-24,26-28,30-33,35,46H,6-8,10,12,18,22,25,29,34,36-45H2,1-5H3/p+1/b11-9+,15-13+,16-14+,19-17+,21-20+,24-23+,27-26+,31-28+,32-30+,35-33+. The topological polar surface area (TPSA) is 108 Å². The summed E-state index contributed by atoms with van der Waals surface area (Å²) in [6, 6.07) is 0. The first kappa shape index (κ1) is 54.4. The van der Waals surface area contributed by atoms with Crippen LogP contribution in [0.4, 0.5) is 0 Å². The highest BCUT2D eigenvalue weighted by molar-refractivity contribution is 7.47. The van der Waals surface area contributed by atoms with E-state index in [4.69, 9.17) is 18.5 Å². The number of phosphoric acid groups is 1. The molecule has 0 aromatic carbocycles. The van der Waals surface area contributed by atoms with E-state index in [0.29, 0.717) is 30.3 Å². The third-order valence-corrected chi connectivity index (χ3v) is 9.09. The second-order valence-electron chi connectivity index (χ2n) is 14.8. The SMILES string of the molecule is CC/C=C/C=C/C=C/C=C/C=C/CCCC(=O)OC(COC(=O)CCCC/C=C/C/C=C/C/C=C/C/C=C/C/C=C/CCCCC)COP(=O)(O)OCC[N+](C)(C)C. The quantitative estimate of drug-likeness (QED) is 0.0166. The van der Waals surface area contributed by atoms with E-state index in [1.807, 2.05) is 75.8 Å². The molecule has 0 aliphatic heterocycles. The number of esters is 2. The number of hydrogen-bond acceptors (Lipinski definition) is 7. The van der Waals surface area contributed by atoms with Gasteiger partial charge in [0.15, 0.2) is 6.10 Å². The summed E-state index contributed by atoms with van der Waals surface area (Å²) in [5.74, 6) is -0.952. The average molecular weight is 827 g/mol. The van der Waals surface area contributed by atoms with Crippen LogP contribution in [0.25, 0.3) is 0 Å². The highest BCUT2D eigenvalue weighted by Crippen LogP contribution is 2.43. The summed E-state index contributed by atoms with van der Waals surface area (Å²) in [6.07, 6.45) is 54.1. The first-order chi connectivity index (χ1) is 28.0. The van der Waals surface area contributed by atoms with Gasteiger partial charge in [-0.25, -0.2) is 4.57 Å². The third-order valence-electron chi connectivity index (χ3n) is 8.10. The lowest BCUT2D eigenvalue weighted by molar-refractivity contribution is -0.870. The molecule has 2 atom stereocenters. The van der Waals surface area contributed by atoms with Crippen LogP contribution in [0.15, 0.2) is 122 Å². The summed E-state index contributed by atoms with van der Waals surface area (Å²) in [4.78, 5) is 35.3. The van der Waals surface area contributed by atoms with Crippen molar-refractivity contribution in [2.75, 3.05) is 47.5 Å². The second-order valence-corrected chi connectivity index (χ2v) is 16.2. The van der Waals surface area contributed by atoms with Crippen LogP contribution in [0.2, 0.25) is 0 Å². The highest BCUT2D eigenvalue weighted by Gasteiger charge is 2.27. The van der Waals surface area contributed by atoms with Gasteiger partial charge in [0.2, 0.25) is 0 Å². The number of hydrogen-bond donors (Lipinski definition) is 1. The predicted molar refractivity (Wildman–Crippen MR) is 242 cm³/mol. The zero-order chi connectivity index (χ0) is 42.8. The molecule has 326 valence electrons. The van der Waals surface area contributed by atoms with Gasteiger partial charge in [-0.05, 0) is 77.0 Å². The number of rotatable bonds is 36. The van der Waals surface area contributed by atoms with Crippen LogP contribution >= 0.6 is 7.82 Å². The van der Waals surface area contributed by atoms with Crippen LogP contribution in [0.1, 0.15) is 117 Å². The molecule has 0 saturated carbocycles. The first-order valence-electron chi connectivity index (χ1n) is 21.3. The van der Waals surface area contributed by atoms with Crippen LogP contribution in [0.5, 0.6) is 0 Å². The molecule has 0 radical (unpaired) electrons. The molecule has 0 aliphatic rings. The Labute approximate surface area is 352 Å². The number of likely N-dealkylation sites (N-methyl/N-ethyl adjacent to an activating group) is 1. The summed E-state index contributed by atoms with van der Waals surface area (Å²) in [6.45, 7) is 4.06. The number of unbranched alkanes of at least 4 members (excludes halogenated alkanes) is 6. The van der Waals surface area contributed by atoms with E-state index in [9.17, 15) is 19.0 Å². The van der Waals surface area contributed by atoms with Gasteiger partial charge >= 0.3 is 19.8 Å². The average Bonchev–Trinajstić information content (AvgIpc) is 3.17. The minimum absolute atomic E-state index is 0.00311. The lowest BCUT2D eigenvalue weighted by Crippen LogP contribution is -2.37. The van der Waals surface area contributed by atoms with Crippen molar-refractivity contribution in [2.45, 2.75) is 123 Å². The summed E-state index contributed by atoms with van der Waals surface area (Å²) >= 11 is 0. The first-order valence-corrected chi connectivity index (χ1v) is 22.8. The van der Waals surface area contributed by atoms with E-state index in [-0.39, 0.29) is 26.1 Å². The Morgan fingerprint density at radius 3 is 1.59 bits per heavy atom. The molecular weight excluding hydrogens is 750 g/mol. The second kappa shape index (κ2) is 38.9. The molecule has 0 rings (SSSR count). The van der Waals surface area contributed by atoms with Gasteiger partial charge in [-0.15, -0.1) is 0 Å². The molecule has 0 spiro atoms. The molecule has 2 unspecified atom stereocenters. The molecule has 1 N–H and O–H groups in total. The van der Waals surface area contributed by atoms with E-state index >= 15 is 0 Å². The fraction of sp³-hybridized carbons (Fsp3) is 0.542. The number of carbonyl (C=O) groups is 2. The predicted octanol–water partition coefficient (Wildman–Crippen LogP) is 12.1. The van der Waals surface area contributed by atoms with Crippen LogP contribution in [0, 0.1) is 0 Å². The molecule has 0 amide bonds. The van der Waals surface area contributed by atoms with Crippen LogP contribution in [-0.2, 0) is 32.7 Å². The Hall–Kier alpha value is -3.59.